The van der Waals surface area contributed by atoms with Crippen molar-refractivity contribution in [2.75, 3.05) is 6.61 Å². The van der Waals surface area contributed by atoms with E-state index >= 15 is 0 Å². The van der Waals surface area contributed by atoms with Crippen molar-refractivity contribution in [2.45, 2.75) is 6.92 Å². The molecule has 26 heavy (non-hydrogen) atoms. The molecule has 0 saturated carbocycles. The number of rotatable bonds is 4. The van der Waals surface area contributed by atoms with Crippen molar-refractivity contribution in [3.63, 3.8) is 0 Å². The Balaban J connectivity index is 1.75. The number of carbonyl (C=O) groups is 1. The molecule has 0 unspecified atom stereocenters. The summed E-state index contributed by atoms with van der Waals surface area (Å²) in [5, 5.41) is 18.7. The fraction of sp³-hybridized carbons (Fsp3) is 0.118. The van der Waals surface area contributed by atoms with Crippen molar-refractivity contribution in [3.05, 3.63) is 51.0 Å². The quantitative estimate of drug-likeness (QED) is 0.528. The molecule has 0 saturated heterocycles. The number of hydrogen-bond acceptors (Lipinski definition) is 4. The fourth-order valence-electron chi connectivity index (χ4n) is 2.37. The maximum atomic E-state index is 11.9. The van der Waals surface area contributed by atoms with Gasteiger partial charge in [0.1, 0.15) is 0 Å². The monoisotopic (exact) mass is 411 g/mol. The average Bonchev–Trinajstić information content (AvgIpc) is 2.89. The van der Waals surface area contributed by atoms with Crippen molar-refractivity contribution in [2.24, 2.45) is 10.2 Å². The van der Waals surface area contributed by atoms with Gasteiger partial charge in [-0.2, -0.15) is 0 Å². The van der Waals surface area contributed by atoms with E-state index in [0.717, 1.165) is 11.1 Å². The number of nitrogens with zero attached hydrogens (tertiary/aromatic N) is 2. The van der Waals surface area contributed by atoms with Crippen LogP contribution in [0.3, 0.4) is 0 Å². The smallest absolute Gasteiger partial charge is 0.302 e. The standard InChI is InChI=1S/C17H12Cl3N3O3/c1-8-3-2-4-10-14(8)21-17(25)15(10)23-22-13(24)7-26-16-11(19)5-9(18)6-12(16)20/h2-6,21,25H,7H2,1H3. The summed E-state index contributed by atoms with van der Waals surface area (Å²) in [6.07, 6.45) is 0. The van der Waals surface area contributed by atoms with Gasteiger partial charge in [-0.15, -0.1) is 10.2 Å². The maximum absolute atomic E-state index is 11.9. The molecule has 1 amide bonds. The molecule has 0 aliphatic rings. The van der Waals surface area contributed by atoms with E-state index in [1.807, 2.05) is 19.1 Å². The SMILES string of the molecule is Cc1cccc2c(N=NC(=O)COc3c(Cl)cc(Cl)cc3Cl)c(O)[nH]c12. The van der Waals surface area contributed by atoms with Crippen LogP contribution in [0.4, 0.5) is 5.69 Å². The van der Waals surface area contributed by atoms with Gasteiger partial charge in [0, 0.05) is 10.4 Å². The summed E-state index contributed by atoms with van der Waals surface area (Å²) >= 11 is 17.8. The summed E-state index contributed by atoms with van der Waals surface area (Å²) in [7, 11) is 0. The first-order valence-electron chi connectivity index (χ1n) is 7.39. The van der Waals surface area contributed by atoms with Crippen LogP contribution in [-0.2, 0) is 4.79 Å². The first-order valence-corrected chi connectivity index (χ1v) is 8.52. The van der Waals surface area contributed by atoms with Crippen molar-refractivity contribution < 1.29 is 14.6 Å². The minimum absolute atomic E-state index is 0.131. The molecule has 1 aromatic heterocycles. The highest BCUT2D eigenvalue weighted by atomic mass is 35.5. The van der Waals surface area contributed by atoms with E-state index in [9.17, 15) is 9.90 Å². The molecule has 9 heteroatoms. The predicted octanol–water partition coefficient (Wildman–Crippen LogP) is 5.83. The van der Waals surface area contributed by atoms with Crippen molar-refractivity contribution in [3.8, 4) is 11.6 Å². The van der Waals surface area contributed by atoms with Crippen LogP contribution in [-0.4, -0.2) is 22.6 Å². The number of ether oxygens (including phenoxy) is 1. The van der Waals surface area contributed by atoms with Crippen LogP contribution >= 0.6 is 34.8 Å². The number of carbonyl (C=O) groups excluding carboxylic acids is 1. The minimum atomic E-state index is -0.673. The summed E-state index contributed by atoms with van der Waals surface area (Å²) in [4.78, 5) is 14.7. The summed E-state index contributed by atoms with van der Waals surface area (Å²) in [5.41, 5.74) is 1.84. The lowest BCUT2D eigenvalue weighted by atomic mass is 10.1. The van der Waals surface area contributed by atoms with Crippen LogP contribution < -0.4 is 4.74 Å². The van der Waals surface area contributed by atoms with Crippen LogP contribution in [0.25, 0.3) is 10.9 Å². The number of benzene rings is 2. The largest absolute Gasteiger partial charge is 0.493 e. The van der Waals surface area contributed by atoms with Gasteiger partial charge in [-0.05, 0) is 24.6 Å². The number of azo groups is 1. The Hall–Kier alpha value is -2.28. The second kappa shape index (κ2) is 7.53. The lowest BCUT2D eigenvalue weighted by Crippen LogP contribution is -2.08. The Bertz CT molecular complexity index is 1010. The molecule has 6 nitrogen and oxygen atoms in total. The average molecular weight is 413 g/mol. The third-order valence-electron chi connectivity index (χ3n) is 3.56. The van der Waals surface area contributed by atoms with E-state index in [-0.39, 0.29) is 27.4 Å². The van der Waals surface area contributed by atoms with Gasteiger partial charge in [0.15, 0.2) is 18.0 Å². The number of aromatic amines is 1. The summed E-state index contributed by atoms with van der Waals surface area (Å²) in [6, 6.07) is 8.36. The second-order valence-electron chi connectivity index (χ2n) is 5.40. The first-order chi connectivity index (χ1) is 12.4. The molecule has 2 aromatic carbocycles. The number of aryl methyl sites for hydroxylation is 1. The first kappa shape index (κ1) is 18.5. The minimum Gasteiger partial charge on any atom is -0.493 e. The Morgan fingerprint density at radius 2 is 1.92 bits per heavy atom. The molecular weight excluding hydrogens is 401 g/mol. The topological polar surface area (TPSA) is 87.0 Å². The van der Waals surface area contributed by atoms with Crippen molar-refractivity contribution in [1.29, 1.82) is 0 Å². The molecule has 3 rings (SSSR count). The van der Waals surface area contributed by atoms with Crippen LogP contribution in [0, 0.1) is 6.92 Å². The third kappa shape index (κ3) is 3.77. The second-order valence-corrected chi connectivity index (χ2v) is 6.65. The van der Waals surface area contributed by atoms with Crippen LogP contribution in [0.1, 0.15) is 5.56 Å². The van der Waals surface area contributed by atoms with Gasteiger partial charge in [0.25, 0.3) is 0 Å². The zero-order chi connectivity index (χ0) is 18.8. The van der Waals surface area contributed by atoms with Crippen molar-refractivity contribution in [1.82, 2.24) is 4.98 Å². The van der Waals surface area contributed by atoms with E-state index in [1.54, 1.807) is 6.07 Å². The molecule has 0 atom stereocenters. The van der Waals surface area contributed by atoms with E-state index < -0.39 is 12.5 Å². The summed E-state index contributed by atoms with van der Waals surface area (Å²) < 4.78 is 5.29. The number of para-hydroxylation sites is 1. The molecular formula is C17H12Cl3N3O3. The van der Waals surface area contributed by atoms with Gasteiger partial charge in [0.05, 0.1) is 15.6 Å². The number of nitrogens with one attached hydrogen (secondary N) is 1. The molecule has 0 fully saturated rings. The number of halogens is 3. The molecule has 2 N–H and O–H groups in total. The van der Waals surface area contributed by atoms with E-state index in [0.29, 0.717) is 10.4 Å². The number of aromatic nitrogens is 1. The molecule has 0 radical (unpaired) electrons. The van der Waals surface area contributed by atoms with E-state index in [1.165, 1.54) is 12.1 Å². The van der Waals surface area contributed by atoms with Gasteiger partial charge in [-0.1, -0.05) is 53.0 Å². The Labute approximate surface area is 163 Å². The number of H-pyrrole nitrogens is 1. The molecule has 0 aliphatic heterocycles. The molecule has 0 spiro atoms. The van der Waals surface area contributed by atoms with Gasteiger partial charge >= 0.3 is 5.91 Å². The lowest BCUT2D eigenvalue weighted by molar-refractivity contribution is -0.120. The van der Waals surface area contributed by atoms with Crippen LogP contribution in [0.15, 0.2) is 40.6 Å². The molecule has 134 valence electrons. The molecule has 1 heterocycles. The zero-order valence-electron chi connectivity index (χ0n) is 13.4. The van der Waals surface area contributed by atoms with E-state index in [4.69, 9.17) is 39.5 Å². The highest BCUT2D eigenvalue weighted by molar-refractivity contribution is 6.40. The molecule has 0 aliphatic carbocycles. The predicted molar refractivity (Wildman–Crippen MR) is 101 cm³/mol. The molecule has 3 aromatic rings. The highest BCUT2D eigenvalue weighted by Crippen LogP contribution is 2.37. The third-order valence-corrected chi connectivity index (χ3v) is 4.34. The lowest BCUT2D eigenvalue weighted by Gasteiger charge is -2.08. The van der Waals surface area contributed by atoms with Crippen LogP contribution in [0.5, 0.6) is 11.6 Å². The van der Waals surface area contributed by atoms with Crippen LogP contribution in [0.2, 0.25) is 15.1 Å². The normalized spacial score (nSPS) is 11.4. The van der Waals surface area contributed by atoms with Crippen molar-refractivity contribution >= 4 is 57.3 Å². The van der Waals surface area contributed by atoms with Gasteiger partial charge in [-0.25, -0.2) is 0 Å². The van der Waals surface area contributed by atoms with Gasteiger partial charge in [-0.3, -0.25) is 4.79 Å². The zero-order valence-corrected chi connectivity index (χ0v) is 15.7. The Morgan fingerprint density at radius 3 is 2.62 bits per heavy atom. The maximum Gasteiger partial charge on any atom is 0.302 e. The number of amides is 1. The Morgan fingerprint density at radius 1 is 1.23 bits per heavy atom. The Kier molecular flexibility index (Phi) is 5.36. The number of aromatic hydroxyl groups is 1. The van der Waals surface area contributed by atoms with Gasteiger partial charge < -0.3 is 14.8 Å². The molecule has 0 bridgehead atoms. The highest BCUT2D eigenvalue weighted by Gasteiger charge is 2.14. The fourth-order valence-corrected chi connectivity index (χ4v) is 3.30. The number of hydrogen-bond donors (Lipinski definition) is 2. The number of fused-ring (bicyclic) bond motifs is 1. The van der Waals surface area contributed by atoms with E-state index in [2.05, 4.69) is 15.2 Å². The summed E-state index contributed by atoms with van der Waals surface area (Å²) in [5.74, 6) is -0.712. The summed E-state index contributed by atoms with van der Waals surface area (Å²) in [6.45, 7) is 1.46. The van der Waals surface area contributed by atoms with Gasteiger partial charge in [0.2, 0.25) is 5.88 Å².